The Bertz CT molecular complexity index is 411. The maximum absolute atomic E-state index is 11.9. The Morgan fingerprint density at radius 3 is 2.50 bits per heavy atom. The third kappa shape index (κ3) is 4.32. The first-order chi connectivity index (χ1) is 9.66. The average molecular weight is 275 g/mol. The second-order valence-electron chi connectivity index (χ2n) is 5.63. The monoisotopic (exact) mass is 275 g/mol. The molecular weight excluding hydrogens is 250 g/mol. The summed E-state index contributed by atoms with van der Waals surface area (Å²) in [6.45, 7) is 5.36. The molecule has 1 aliphatic heterocycles. The molecule has 1 heterocycles. The van der Waals surface area contributed by atoms with E-state index in [0.717, 1.165) is 5.56 Å². The van der Waals surface area contributed by atoms with Gasteiger partial charge in [0, 0.05) is 18.6 Å². The van der Waals surface area contributed by atoms with Crippen molar-refractivity contribution in [2.45, 2.75) is 51.7 Å². The van der Waals surface area contributed by atoms with E-state index in [2.05, 4.69) is 29.6 Å². The molecule has 1 fully saturated rings. The van der Waals surface area contributed by atoms with Crippen LogP contribution in [0.15, 0.2) is 30.3 Å². The van der Waals surface area contributed by atoms with Gasteiger partial charge in [0.2, 0.25) is 5.91 Å². The molecule has 0 bridgehead atoms. The van der Waals surface area contributed by atoms with E-state index in [1.807, 2.05) is 30.3 Å². The molecule has 2 N–H and O–H groups in total. The van der Waals surface area contributed by atoms with Crippen LogP contribution in [0.1, 0.15) is 38.7 Å². The molecule has 110 valence electrons. The summed E-state index contributed by atoms with van der Waals surface area (Å²) >= 11 is 0. The van der Waals surface area contributed by atoms with E-state index in [1.54, 1.807) is 0 Å². The first-order valence-corrected chi connectivity index (χ1v) is 7.49. The number of carbonyl (C=O) groups is 1. The van der Waals surface area contributed by atoms with Crippen LogP contribution in [0.5, 0.6) is 0 Å². The van der Waals surface area contributed by atoms with Crippen molar-refractivity contribution in [1.29, 1.82) is 0 Å². The molecule has 4 nitrogen and oxygen atoms in total. The van der Waals surface area contributed by atoms with Gasteiger partial charge in [0.1, 0.15) is 0 Å². The third-order valence-electron chi connectivity index (χ3n) is 3.95. The van der Waals surface area contributed by atoms with Crippen LogP contribution in [0.3, 0.4) is 0 Å². The normalized spacial score (nSPS) is 23.5. The Balaban J connectivity index is 1.72. The number of carbonyl (C=O) groups excluding carboxylic acids is 1. The first-order valence-electron chi connectivity index (χ1n) is 7.49. The summed E-state index contributed by atoms with van der Waals surface area (Å²) in [4.78, 5) is 11.9. The van der Waals surface area contributed by atoms with E-state index in [-0.39, 0.29) is 5.91 Å². The van der Waals surface area contributed by atoms with Gasteiger partial charge in [-0.2, -0.15) is 0 Å². The molecule has 0 aliphatic carbocycles. The summed E-state index contributed by atoms with van der Waals surface area (Å²) < 4.78 is 0. The number of hydrazine groups is 1. The zero-order chi connectivity index (χ0) is 14.4. The summed E-state index contributed by atoms with van der Waals surface area (Å²) in [5.74, 6) is 0.0406. The third-order valence-corrected chi connectivity index (χ3v) is 3.95. The van der Waals surface area contributed by atoms with Crippen LogP contribution in [0.25, 0.3) is 0 Å². The molecule has 20 heavy (non-hydrogen) atoms. The highest BCUT2D eigenvalue weighted by molar-refractivity contribution is 5.77. The van der Waals surface area contributed by atoms with E-state index in [9.17, 15) is 4.79 Å². The summed E-state index contributed by atoms with van der Waals surface area (Å²) in [6.07, 6.45) is 3.67. The van der Waals surface area contributed by atoms with Crippen molar-refractivity contribution in [1.82, 2.24) is 15.8 Å². The van der Waals surface area contributed by atoms with Gasteiger partial charge in [0.05, 0.1) is 6.54 Å². The molecule has 1 aliphatic rings. The molecule has 1 aromatic carbocycles. The van der Waals surface area contributed by atoms with Gasteiger partial charge in [-0.05, 0) is 32.3 Å². The van der Waals surface area contributed by atoms with Crippen LogP contribution in [0.2, 0.25) is 0 Å². The zero-order valence-electron chi connectivity index (χ0n) is 12.4. The molecule has 0 spiro atoms. The Labute approximate surface area is 121 Å². The second kappa shape index (κ2) is 7.41. The number of hydrogen-bond acceptors (Lipinski definition) is 3. The van der Waals surface area contributed by atoms with Gasteiger partial charge in [-0.25, -0.2) is 10.4 Å². The Kier molecular flexibility index (Phi) is 5.56. The molecular formula is C16H25N3O. The zero-order valence-corrected chi connectivity index (χ0v) is 12.4. The quantitative estimate of drug-likeness (QED) is 0.864. The number of benzene rings is 1. The van der Waals surface area contributed by atoms with Gasteiger partial charge in [-0.1, -0.05) is 36.8 Å². The van der Waals surface area contributed by atoms with Crippen molar-refractivity contribution in [2.24, 2.45) is 0 Å². The average Bonchev–Trinajstić information content (AvgIpc) is 2.46. The van der Waals surface area contributed by atoms with Crippen molar-refractivity contribution >= 4 is 5.91 Å². The molecule has 2 unspecified atom stereocenters. The predicted molar refractivity (Wildman–Crippen MR) is 80.9 cm³/mol. The van der Waals surface area contributed by atoms with E-state index >= 15 is 0 Å². The molecule has 0 radical (unpaired) electrons. The first kappa shape index (κ1) is 15.0. The van der Waals surface area contributed by atoms with Gasteiger partial charge in [-0.15, -0.1) is 0 Å². The minimum atomic E-state index is 0.0406. The smallest absolute Gasteiger partial charge is 0.235 e. The number of rotatable bonds is 5. The summed E-state index contributed by atoms with van der Waals surface area (Å²) in [5.41, 5.74) is 4.40. The van der Waals surface area contributed by atoms with Crippen LogP contribution in [0, 0.1) is 0 Å². The Hall–Kier alpha value is -1.39. The Morgan fingerprint density at radius 1 is 1.20 bits per heavy atom. The maximum Gasteiger partial charge on any atom is 0.235 e. The number of nitrogens with one attached hydrogen (secondary N) is 2. The van der Waals surface area contributed by atoms with Crippen LogP contribution in [-0.4, -0.2) is 29.5 Å². The highest BCUT2D eigenvalue weighted by Crippen LogP contribution is 2.19. The fraction of sp³-hybridized carbons (Fsp3) is 0.562. The lowest BCUT2D eigenvalue weighted by molar-refractivity contribution is -0.122. The van der Waals surface area contributed by atoms with Crippen molar-refractivity contribution in [3.05, 3.63) is 35.9 Å². The minimum Gasteiger partial charge on any atom is -0.351 e. The fourth-order valence-electron chi connectivity index (χ4n) is 2.76. The van der Waals surface area contributed by atoms with Crippen molar-refractivity contribution < 1.29 is 4.79 Å². The van der Waals surface area contributed by atoms with E-state index < -0.39 is 0 Å². The van der Waals surface area contributed by atoms with Gasteiger partial charge < -0.3 is 5.32 Å². The summed E-state index contributed by atoms with van der Waals surface area (Å²) in [7, 11) is 0. The molecule has 1 amide bonds. The lowest BCUT2D eigenvalue weighted by Gasteiger charge is -2.38. The lowest BCUT2D eigenvalue weighted by atomic mass is 10.00. The lowest BCUT2D eigenvalue weighted by Crippen LogP contribution is -2.54. The van der Waals surface area contributed by atoms with E-state index in [1.165, 1.54) is 19.3 Å². The molecule has 2 atom stereocenters. The van der Waals surface area contributed by atoms with Gasteiger partial charge in [0.15, 0.2) is 0 Å². The van der Waals surface area contributed by atoms with Crippen LogP contribution >= 0.6 is 0 Å². The molecule has 4 heteroatoms. The number of nitrogens with zero attached hydrogens (tertiary/aromatic N) is 1. The highest BCUT2D eigenvalue weighted by Gasteiger charge is 2.24. The molecule has 0 aromatic heterocycles. The van der Waals surface area contributed by atoms with Crippen molar-refractivity contribution in [3.63, 3.8) is 0 Å². The number of piperidine rings is 1. The van der Waals surface area contributed by atoms with Gasteiger partial charge >= 0.3 is 0 Å². The largest absolute Gasteiger partial charge is 0.351 e. The number of amides is 1. The van der Waals surface area contributed by atoms with Crippen molar-refractivity contribution in [2.75, 3.05) is 6.54 Å². The Morgan fingerprint density at radius 2 is 1.85 bits per heavy atom. The van der Waals surface area contributed by atoms with Crippen molar-refractivity contribution in [3.8, 4) is 0 Å². The predicted octanol–water partition coefficient (Wildman–Crippen LogP) is 2.07. The summed E-state index contributed by atoms with van der Waals surface area (Å²) in [6, 6.07) is 11.0. The highest BCUT2D eigenvalue weighted by atomic mass is 16.2. The standard InChI is InChI=1S/C16H25N3O/c1-13-7-6-8-14(2)19(13)18-12-16(20)17-11-15-9-4-3-5-10-15/h3-5,9-10,13-14,18H,6-8,11-12H2,1-2H3,(H,17,20). The topological polar surface area (TPSA) is 44.4 Å². The maximum atomic E-state index is 11.9. The molecule has 2 rings (SSSR count). The number of hydrogen-bond donors (Lipinski definition) is 2. The SMILES string of the molecule is CC1CCCC(C)N1NCC(=O)NCc1ccccc1. The van der Waals surface area contributed by atoms with Crippen LogP contribution in [0.4, 0.5) is 0 Å². The fourth-order valence-corrected chi connectivity index (χ4v) is 2.76. The second-order valence-corrected chi connectivity index (χ2v) is 5.63. The molecule has 0 saturated carbocycles. The molecule has 1 saturated heterocycles. The van der Waals surface area contributed by atoms with E-state index in [4.69, 9.17) is 0 Å². The van der Waals surface area contributed by atoms with Crippen LogP contribution < -0.4 is 10.7 Å². The molecule has 1 aromatic rings. The van der Waals surface area contributed by atoms with Gasteiger partial charge in [-0.3, -0.25) is 4.79 Å². The van der Waals surface area contributed by atoms with Crippen LogP contribution in [-0.2, 0) is 11.3 Å². The van der Waals surface area contributed by atoms with E-state index in [0.29, 0.717) is 25.2 Å². The van der Waals surface area contributed by atoms with Gasteiger partial charge in [0.25, 0.3) is 0 Å². The summed E-state index contributed by atoms with van der Waals surface area (Å²) in [5, 5.41) is 5.17. The minimum absolute atomic E-state index is 0.0406.